The van der Waals surface area contributed by atoms with Crippen LogP contribution in [0.15, 0.2) is 23.0 Å². The van der Waals surface area contributed by atoms with Crippen LogP contribution in [0.5, 0.6) is 0 Å². The topological polar surface area (TPSA) is 127 Å². The minimum absolute atomic E-state index is 0.0993. The van der Waals surface area contributed by atoms with Crippen LogP contribution in [0.4, 0.5) is 0 Å². The molecule has 0 radical (unpaired) electrons. The van der Waals surface area contributed by atoms with Crippen LogP contribution in [0, 0.1) is 23.5 Å². The van der Waals surface area contributed by atoms with E-state index in [0.717, 1.165) is 0 Å². The molecule has 27 heavy (non-hydrogen) atoms. The number of benzene rings is 1. The zero-order valence-electron chi connectivity index (χ0n) is 14.0. The maximum atomic E-state index is 12.9. The summed E-state index contributed by atoms with van der Waals surface area (Å²) in [7, 11) is 0. The van der Waals surface area contributed by atoms with Crippen LogP contribution in [-0.2, 0) is 5.60 Å². The van der Waals surface area contributed by atoms with Crippen LogP contribution < -0.4 is 4.73 Å². The second kappa shape index (κ2) is 5.16. The zero-order chi connectivity index (χ0) is 18.9. The number of hydrogen-bond donors (Lipinski definition) is 1. The first-order valence-corrected chi connectivity index (χ1v) is 8.51. The Morgan fingerprint density at radius 1 is 1.44 bits per heavy atom. The van der Waals surface area contributed by atoms with Crippen molar-refractivity contribution in [2.45, 2.75) is 25.4 Å². The van der Waals surface area contributed by atoms with Crippen molar-refractivity contribution in [1.29, 1.82) is 5.26 Å². The lowest BCUT2D eigenvalue weighted by Gasteiger charge is -2.10. The average Bonchev–Trinajstić information content (AvgIpc) is 3.09. The molecule has 3 aromatic heterocycles. The largest absolute Gasteiger partial charge is 0.618 e. The van der Waals surface area contributed by atoms with Gasteiger partial charge in [0.25, 0.3) is 11.4 Å². The molecule has 0 bridgehead atoms. The predicted molar refractivity (Wildman–Crippen MR) is 92.5 cm³/mol. The molecule has 1 aliphatic carbocycles. The van der Waals surface area contributed by atoms with E-state index in [4.69, 9.17) is 16.1 Å². The van der Waals surface area contributed by atoms with Crippen LogP contribution in [-0.4, -0.2) is 24.6 Å². The number of imidazole rings is 1. The molecule has 0 aliphatic heterocycles. The van der Waals surface area contributed by atoms with Crippen molar-refractivity contribution in [2.24, 2.45) is 0 Å². The monoisotopic (exact) mass is 382 g/mol. The Morgan fingerprint density at radius 3 is 2.93 bits per heavy atom. The number of rotatable bonds is 2. The van der Waals surface area contributed by atoms with Gasteiger partial charge in [-0.25, -0.2) is 4.98 Å². The van der Waals surface area contributed by atoms with Crippen LogP contribution >= 0.6 is 11.6 Å². The van der Waals surface area contributed by atoms with Crippen molar-refractivity contribution in [3.63, 3.8) is 0 Å². The SMILES string of the molecule is Cc1c2c(-c3noc(C4(O)CC4)n3)ncn2c2ccc(Cl)c(C#N)c2[n+]1[O-]. The third-order valence-electron chi connectivity index (χ3n) is 4.85. The molecule has 0 amide bonds. The highest BCUT2D eigenvalue weighted by molar-refractivity contribution is 6.32. The quantitative estimate of drug-likeness (QED) is 0.414. The van der Waals surface area contributed by atoms with Gasteiger partial charge in [0.05, 0.1) is 5.02 Å². The fourth-order valence-electron chi connectivity index (χ4n) is 3.21. The molecule has 1 aromatic carbocycles. The summed E-state index contributed by atoms with van der Waals surface area (Å²) in [6, 6.07) is 5.20. The minimum Gasteiger partial charge on any atom is -0.618 e. The number of fused-ring (bicyclic) bond motifs is 3. The highest BCUT2D eigenvalue weighted by Gasteiger charge is 2.48. The van der Waals surface area contributed by atoms with Gasteiger partial charge in [-0.15, -0.1) is 0 Å². The molecule has 4 aromatic rings. The first kappa shape index (κ1) is 16.0. The number of halogens is 1. The smallest absolute Gasteiger partial charge is 0.260 e. The van der Waals surface area contributed by atoms with E-state index in [1.165, 1.54) is 6.33 Å². The van der Waals surface area contributed by atoms with Gasteiger partial charge in [-0.2, -0.15) is 15.0 Å². The molecule has 1 N–H and O–H groups in total. The van der Waals surface area contributed by atoms with Crippen molar-refractivity contribution in [3.05, 3.63) is 45.8 Å². The second-order valence-electron chi connectivity index (χ2n) is 6.55. The minimum atomic E-state index is -1.06. The lowest BCUT2D eigenvalue weighted by Crippen LogP contribution is -2.33. The molecule has 5 rings (SSSR count). The lowest BCUT2D eigenvalue weighted by molar-refractivity contribution is -0.583. The van der Waals surface area contributed by atoms with Crippen molar-refractivity contribution in [3.8, 4) is 17.6 Å². The van der Waals surface area contributed by atoms with Gasteiger partial charge < -0.3 is 14.8 Å². The summed E-state index contributed by atoms with van der Waals surface area (Å²) in [6.07, 6.45) is 2.66. The van der Waals surface area contributed by atoms with Crippen molar-refractivity contribution < 1.29 is 14.4 Å². The molecule has 134 valence electrons. The Morgan fingerprint density at radius 2 is 2.22 bits per heavy atom. The van der Waals surface area contributed by atoms with E-state index in [9.17, 15) is 15.6 Å². The molecule has 1 aliphatic rings. The van der Waals surface area contributed by atoms with Crippen molar-refractivity contribution >= 4 is 28.2 Å². The average molecular weight is 383 g/mol. The summed E-state index contributed by atoms with van der Waals surface area (Å²) in [5.41, 5.74) is 0.840. The Labute approximate surface area is 156 Å². The molecule has 3 heterocycles. The third-order valence-corrected chi connectivity index (χ3v) is 5.17. The van der Waals surface area contributed by atoms with Gasteiger partial charge in [0.15, 0.2) is 0 Å². The van der Waals surface area contributed by atoms with Crippen LogP contribution in [0.2, 0.25) is 5.02 Å². The second-order valence-corrected chi connectivity index (χ2v) is 6.96. The molecule has 0 saturated heterocycles. The number of nitrogens with zero attached hydrogens (tertiary/aromatic N) is 6. The Balaban J connectivity index is 1.82. The van der Waals surface area contributed by atoms with E-state index in [0.29, 0.717) is 40.0 Å². The number of hydrogen-bond acceptors (Lipinski definition) is 7. The van der Waals surface area contributed by atoms with E-state index in [-0.39, 0.29) is 27.8 Å². The Bertz CT molecular complexity index is 1300. The summed E-state index contributed by atoms with van der Waals surface area (Å²) in [6.45, 7) is 1.62. The summed E-state index contributed by atoms with van der Waals surface area (Å²) < 4.78 is 7.52. The van der Waals surface area contributed by atoms with Gasteiger partial charge in [-0.3, -0.25) is 4.40 Å². The van der Waals surface area contributed by atoms with Crippen LogP contribution in [0.1, 0.15) is 30.0 Å². The summed E-state index contributed by atoms with van der Waals surface area (Å²) in [5.74, 6) is 0.329. The Kier molecular flexibility index (Phi) is 3.05. The van der Waals surface area contributed by atoms with E-state index < -0.39 is 5.60 Å². The third kappa shape index (κ3) is 2.08. The van der Waals surface area contributed by atoms with E-state index in [1.54, 1.807) is 23.5 Å². The maximum absolute atomic E-state index is 12.9. The normalized spacial score (nSPS) is 15.3. The summed E-state index contributed by atoms with van der Waals surface area (Å²) >= 11 is 6.08. The fourth-order valence-corrected chi connectivity index (χ4v) is 3.40. The van der Waals surface area contributed by atoms with Gasteiger partial charge in [-0.05, 0) is 25.0 Å². The molecular formula is C17H11ClN6O3. The highest BCUT2D eigenvalue weighted by Crippen LogP contribution is 2.44. The molecule has 0 spiro atoms. The highest BCUT2D eigenvalue weighted by atomic mass is 35.5. The van der Waals surface area contributed by atoms with Gasteiger partial charge >= 0.3 is 0 Å². The van der Waals surface area contributed by atoms with Crippen LogP contribution in [0.25, 0.3) is 28.1 Å². The summed E-state index contributed by atoms with van der Waals surface area (Å²) in [5, 5.41) is 36.5. The lowest BCUT2D eigenvalue weighted by atomic mass is 10.1. The van der Waals surface area contributed by atoms with E-state index in [1.807, 2.05) is 6.07 Å². The molecule has 10 heteroatoms. The fraction of sp³-hybridized carbons (Fsp3) is 0.235. The van der Waals surface area contributed by atoms with E-state index in [2.05, 4.69) is 15.1 Å². The molecule has 1 saturated carbocycles. The predicted octanol–water partition coefficient (Wildman–Crippen LogP) is 1.99. The number of nitriles is 1. The van der Waals surface area contributed by atoms with Crippen molar-refractivity contribution in [2.75, 3.05) is 0 Å². The molecule has 9 nitrogen and oxygen atoms in total. The molecule has 0 atom stereocenters. The van der Waals surface area contributed by atoms with Crippen molar-refractivity contribution in [1.82, 2.24) is 19.5 Å². The Hall–Kier alpha value is -3.22. The first-order valence-electron chi connectivity index (χ1n) is 8.13. The van der Waals surface area contributed by atoms with Crippen LogP contribution in [0.3, 0.4) is 0 Å². The summed E-state index contributed by atoms with van der Waals surface area (Å²) in [4.78, 5) is 8.59. The standard InChI is InChI=1S/C17H11ClN6O3/c1-8-13-12(15-21-16(27-22-15)17(25)4-5-17)20-7-23(13)11-3-2-10(18)9(6-19)14(11)24(8)26/h2-3,7,25H,4-5H2,1H3. The number of aryl methyl sites for hydroxylation is 1. The van der Waals surface area contributed by atoms with Gasteiger partial charge in [0, 0.05) is 6.92 Å². The first-order chi connectivity index (χ1) is 12.9. The van der Waals surface area contributed by atoms with Gasteiger partial charge in [-0.1, -0.05) is 16.8 Å². The number of aromatic nitrogens is 5. The number of aliphatic hydroxyl groups is 1. The molecular weight excluding hydrogens is 372 g/mol. The van der Waals surface area contributed by atoms with Gasteiger partial charge in [0.2, 0.25) is 11.5 Å². The van der Waals surface area contributed by atoms with Gasteiger partial charge in [0.1, 0.15) is 40.3 Å². The zero-order valence-corrected chi connectivity index (χ0v) is 14.7. The maximum Gasteiger partial charge on any atom is 0.260 e. The van der Waals surface area contributed by atoms with E-state index >= 15 is 0 Å². The molecule has 0 unspecified atom stereocenters. The molecule has 1 fully saturated rings.